The molecule has 0 bridgehead atoms. The summed E-state index contributed by atoms with van der Waals surface area (Å²) in [6.45, 7) is 4.19. The average molecular weight is 302 g/mol. The predicted octanol–water partition coefficient (Wildman–Crippen LogP) is 4.65. The van der Waals surface area contributed by atoms with Crippen molar-refractivity contribution in [1.29, 1.82) is 0 Å². The van der Waals surface area contributed by atoms with Gasteiger partial charge in [0.15, 0.2) is 0 Å². The number of alkyl halides is 1. The second-order valence-corrected chi connectivity index (χ2v) is 5.09. The van der Waals surface area contributed by atoms with E-state index in [2.05, 4.69) is 26.0 Å². The van der Waals surface area contributed by atoms with E-state index >= 15 is 0 Å². The summed E-state index contributed by atoms with van der Waals surface area (Å²) < 4.78 is 0. The number of anilines is 1. The molecule has 0 radical (unpaired) electrons. The molecule has 0 aliphatic heterocycles. The molecule has 0 atom stereocenters. The molecule has 0 heterocycles. The molecule has 0 spiro atoms. The maximum Gasteiger partial charge on any atom is 0.259 e. The molecule has 2 aromatic rings. The van der Waals surface area contributed by atoms with Gasteiger partial charge >= 0.3 is 0 Å². The fourth-order valence-electron chi connectivity index (χ4n) is 2.51. The third-order valence-corrected chi connectivity index (χ3v) is 3.86. The number of carbonyl (C=O) groups is 1. The van der Waals surface area contributed by atoms with Crippen molar-refractivity contribution in [2.24, 2.45) is 0 Å². The minimum atomic E-state index is -0.0544. The number of carbonyl (C=O) groups excluding carboxylic acids is 1. The highest BCUT2D eigenvalue weighted by atomic mass is 35.5. The molecule has 2 nitrogen and oxygen atoms in total. The van der Waals surface area contributed by atoms with Crippen LogP contribution in [0.25, 0.3) is 0 Å². The van der Waals surface area contributed by atoms with Crippen molar-refractivity contribution in [2.45, 2.75) is 26.7 Å². The Hall–Kier alpha value is -1.80. The molecular weight excluding hydrogens is 282 g/mol. The Kier molecular flexibility index (Phi) is 5.40. The van der Waals surface area contributed by atoms with Crippen LogP contribution in [0.1, 0.15) is 35.3 Å². The summed E-state index contributed by atoms with van der Waals surface area (Å²) >= 11 is 6.11. The quantitative estimate of drug-likeness (QED) is 0.581. The Balaban J connectivity index is 2.49. The van der Waals surface area contributed by atoms with Gasteiger partial charge in [-0.15, -0.1) is 11.6 Å². The number of nitrogens with zero attached hydrogens (tertiary/aromatic N) is 1. The van der Waals surface area contributed by atoms with Crippen molar-refractivity contribution >= 4 is 23.2 Å². The standard InChI is InChI=1S/C18H20ClNO/c1-3-14-11-8-12-15(4-2)17(14)20(13-19)18(21)16-9-6-5-7-10-16/h5-12H,3-4,13H2,1-2H3. The molecule has 0 unspecified atom stereocenters. The Morgan fingerprint density at radius 3 is 2.00 bits per heavy atom. The second kappa shape index (κ2) is 7.28. The minimum Gasteiger partial charge on any atom is -0.294 e. The SMILES string of the molecule is CCc1cccc(CC)c1N(CCl)C(=O)c1ccccc1. The summed E-state index contributed by atoms with van der Waals surface area (Å²) in [5.41, 5.74) is 3.93. The van der Waals surface area contributed by atoms with Gasteiger partial charge in [0.05, 0.1) is 5.69 Å². The summed E-state index contributed by atoms with van der Waals surface area (Å²) in [6, 6.07) is 15.6. The Morgan fingerprint density at radius 2 is 1.52 bits per heavy atom. The van der Waals surface area contributed by atoms with E-state index in [1.54, 1.807) is 4.90 Å². The van der Waals surface area contributed by atoms with Crippen LogP contribution >= 0.6 is 11.6 Å². The molecule has 2 rings (SSSR count). The number of hydrogen-bond donors (Lipinski definition) is 0. The topological polar surface area (TPSA) is 20.3 Å². The monoisotopic (exact) mass is 301 g/mol. The fourth-order valence-corrected chi connectivity index (χ4v) is 2.74. The largest absolute Gasteiger partial charge is 0.294 e. The number of aryl methyl sites for hydroxylation is 2. The number of amides is 1. The van der Waals surface area contributed by atoms with E-state index in [0.717, 1.165) is 29.7 Å². The zero-order valence-electron chi connectivity index (χ0n) is 12.5. The van der Waals surface area contributed by atoms with Crippen LogP contribution in [0.2, 0.25) is 0 Å². The molecule has 1 amide bonds. The third kappa shape index (κ3) is 3.27. The first-order valence-corrected chi connectivity index (χ1v) is 7.80. The molecule has 0 aliphatic rings. The lowest BCUT2D eigenvalue weighted by Gasteiger charge is -2.25. The molecule has 0 aromatic heterocycles. The van der Waals surface area contributed by atoms with E-state index in [1.165, 1.54) is 0 Å². The number of halogens is 1. The summed E-state index contributed by atoms with van der Waals surface area (Å²) in [7, 11) is 0. The van der Waals surface area contributed by atoms with Gasteiger partial charge in [0.2, 0.25) is 0 Å². The number of hydrogen-bond acceptors (Lipinski definition) is 1. The molecule has 110 valence electrons. The van der Waals surface area contributed by atoms with Gasteiger partial charge in [-0.2, -0.15) is 0 Å². The van der Waals surface area contributed by atoms with Crippen molar-refractivity contribution in [1.82, 2.24) is 0 Å². The summed E-state index contributed by atoms with van der Waals surface area (Å²) in [6.07, 6.45) is 1.75. The van der Waals surface area contributed by atoms with Gasteiger partial charge in [-0.25, -0.2) is 0 Å². The molecule has 0 aliphatic carbocycles. The number of para-hydroxylation sites is 1. The van der Waals surface area contributed by atoms with E-state index in [1.807, 2.05) is 36.4 Å². The van der Waals surface area contributed by atoms with Crippen molar-refractivity contribution in [3.63, 3.8) is 0 Å². The van der Waals surface area contributed by atoms with Gasteiger partial charge in [-0.3, -0.25) is 9.69 Å². The second-order valence-electron chi connectivity index (χ2n) is 4.85. The number of rotatable bonds is 5. The minimum absolute atomic E-state index is 0.0544. The van der Waals surface area contributed by atoms with E-state index in [4.69, 9.17) is 11.6 Å². The molecule has 2 aromatic carbocycles. The molecule has 0 saturated heterocycles. The third-order valence-electron chi connectivity index (χ3n) is 3.62. The zero-order chi connectivity index (χ0) is 15.2. The lowest BCUT2D eigenvalue weighted by molar-refractivity contribution is 0.0991. The van der Waals surface area contributed by atoms with Crippen LogP contribution in [0.4, 0.5) is 5.69 Å². The van der Waals surface area contributed by atoms with Crippen molar-refractivity contribution in [3.05, 3.63) is 65.2 Å². The van der Waals surface area contributed by atoms with Crippen LogP contribution in [-0.2, 0) is 12.8 Å². The normalized spacial score (nSPS) is 10.4. The van der Waals surface area contributed by atoms with E-state index in [0.29, 0.717) is 5.56 Å². The van der Waals surface area contributed by atoms with E-state index in [9.17, 15) is 4.79 Å². The van der Waals surface area contributed by atoms with Crippen molar-refractivity contribution in [2.75, 3.05) is 10.9 Å². The first kappa shape index (κ1) is 15.6. The summed E-state index contributed by atoms with van der Waals surface area (Å²) in [5, 5.41) is 0. The molecule has 0 fully saturated rings. The highest BCUT2D eigenvalue weighted by Crippen LogP contribution is 2.28. The predicted molar refractivity (Wildman–Crippen MR) is 89.2 cm³/mol. The lowest BCUT2D eigenvalue weighted by atomic mass is 10.0. The molecule has 21 heavy (non-hydrogen) atoms. The average Bonchev–Trinajstić information content (AvgIpc) is 2.56. The Morgan fingerprint density at radius 1 is 0.952 bits per heavy atom. The van der Waals surface area contributed by atoms with E-state index < -0.39 is 0 Å². The maximum absolute atomic E-state index is 12.8. The van der Waals surface area contributed by atoms with Gasteiger partial charge in [-0.05, 0) is 36.1 Å². The van der Waals surface area contributed by atoms with Crippen LogP contribution < -0.4 is 4.90 Å². The van der Waals surface area contributed by atoms with Gasteiger partial charge in [-0.1, -0.05) is 50.2 Å². The first-order valence-electron chi connectivity index (χ1n) is 7.26. The van der Waals surface area contributed by atoms with Gasteiger partial charge < -0.3 is 0 Å². The van der Waals surface area contributed by atoms with Gasteiger partial charge in [0, 0.05) is 5.56 Å². The van der Waals surface area contributed by atoms with Crippen LogP contribution in [0.15, 0.2) is 48.5 Å². The highest BCUT2D eigenvalue weighted by Gasteiger charge is 2.21. The molecule has 0 saturated carbocycles. The molecule has 3 heteroatoms. The van der Waals surface area contributed by atoms with Crippen molar-refractivity contribution in [3.8, 4) is 0 Å². The van der Waals surface area contributed by atoms with Gasteiger partial charge in [0.25, 0.3) is 5.91 Å². The van der Waals surface area contributed by atoms with Crippen LogP contribution in [-0.4, -0.2) is 11.9 Å². The Labute approximate surface area is 131 Å². The molecule has 0 N–H and O–H groups in total. The summed E-state index contributed by atoms with van der Waals surface area (Å²) in [5.74, 6) is -0.0544. The van der Waals surface area contributed by atoms with Crippen LogP contribution in [0.3, 0.4) is 0 Å². The lowest BCUT2D eigenvalue weighted by Crippen LogP contribution is -2.31. The first-order chi connectivity index (χ1) is 10.2. The van der Waals surface area contributed by atoms with Crippen LogP contribution in [0.5, 0.6) is 0 Å². The fraction of sp³-hybridized carbons (Fsp3) is 0.278. The van der Waals surface area contributed by atoms with Crippen LogP contribution in [0, 0.1) is 0 Å². The van der Waals surface area contributed by atoms with Crippen molar-refractivity contribution < 1.29 is 4.79 Å². The number of benzene rings is 2. The summed E-state index contributed by atoms with van der Waals surface area (Å²) in [4.78, 5) is 14.4. The van der Waals surface area contributed by atoms with Gasteiger partial charge in [0.1, 0.15) is 6.00 Å². The zero-order valence-corrected chi connectivity index (χ0v) is 13.2. The smallest absolute Gasteiger partial charge is 0.259 e. The maximum atomic E-state index is 12.8. The Bertz CT molecular complexity index is 588. The highest BCUT2D eigenvalue weighted by molar-refractivity contribution is 6.23. The molecular formula is C18H20ClNO. The van der Waals surface area contributed by atoms with E-state index in [-0.39, 0.29) is 11.9 Å².